The van der Waals surface area contributed by atoms with Gasteiger partial charge < -0.3 is 9.72 Å². The monoisotopic (exact) mass is 309 g/mol. The van der Waals surface area contributed by atoms with Gasteiger partial charge >= 0.3 is 5.97 Å². The van der Waals surface area contributed by atoms with Crippen LogP contribution in [-0.2, 0) is 9.53 Å². The molecular weight excluding hydrogens is 286 g/mol. The molecule has 1 saturated heterocycles. The van der Waals surface area contributed by atoms with Crippen LogP contribution >= 0.6 is 0 Å². The lowest BCUT2D eigenvalue weighted by molar-refractivity contribution is -0.172. The van der Waals surface area contributed by atoms with Gasteiger partial charge in [-0.15, -0.1) is 0 Å². The molecule has 0 spiro atoms. The molecule has 23 heavy (non-hydrogen) atoms. The van der Waals surface area contributed by atoms with Gasteiger partial charge in [0, 0.05) is 39.1 Å². The Morgan fingerprint density at radius 3 is 2.78 bits per heavy atom. The molecule has 1 saturated carbocycles. The second-order valence-corrected chi connectivity index (χ2v) is 7.74. The van der Waals surface area contributed by atoms with Crippen molar-refractivity contribution in [2.75, 3.05) is 0 Å². The molecule has 3 nitrogen and oxygen atoms in total. The van der Waals surface area contributed by atoms with Crippen molar-refractivity contribution in [1.82, 2.24) is 4.98 Å². The lowest BCUT2D eigenvalue weighted by atomic mass is 9.68. The SMILES string of the molecule is Cc1[nH]c2ccccc2c1/C=C1/C(=O)O[C@]2(C)CC[C@H]1C2(C)C. The molecule has 0 amide bonds. The molecule has 2 heterocycles. The van der Waals surface area contributed by atoms with Crippen LogP contribution in [0.3, 0.4) is 0 Å². The molecule has 2 aromatic rings. The maximum atomic E-state index is 12.6. The highest BCUT2D eigenvalue weighted by Gasteiger charge is 2.60. The molecule has 4 rings (SSSR count). The van der Waals surface area contributed by atoms with Crippen LogP contribution < -0.4 is 0 Å². The van der Waals surface area contributed by atoms with Gasteiger partial charge in [0.2, 0.25) is 0 Å². The van der Waals surface area contributed by atoms with Crippen molar-refractivity contribution in [3.63, 3.8) is 0 Å². The summed E-state index contributed by atoms with van der Waals surface area (Å²) >= 11 is 0. The Kier molecular flexibility index (Phi) is 2.85. The molecule has 1 N–H and O–H groups in total. The third-order valence-corrected chi connectivity index (χ3v) is 6.32. The van der Waals surface area contributed by atoms with Crippen LogP contribution in [-0.4, -0.2) is 16.6 Å². The summed E-state index contributed by atoms with van der Waals surface area (Å²) in [6, 6.07) is 8.23. The van der Waals surface area contributed by atoms with Gasteiger partial charge in [-0.05, 0) is 38.8 Å². The minimum atomic E-state index is -0.332. The van der Waals surface area contributed by atoms with Gasteiger partial charge in [-0.1, -0.05) is 32.0 Å². The van der Waals surface area contributed by atoms with E-state index in [1.165, 1.54) is 0 Å². The molecule has 1 aliphatic carbocycles. The summed E-state index contributed by atoms with van der Waals surface area (Å²) < 4.78 is 5.88. The molecule has 0 unspecified atom stereocenters. The summed E-state index contributed by atoms with van der Waals surface area (Å²) in [4.78, 5) is 16.0. The second kappa shape index (κ2) is 4.50. The van der Waals surface area contributed by atoms with Gasteiger partial charge in [-0.25, -0.2) is 4.79 Å². The average Bonchev–Trinajstić information content (AvgIpc) is 2.85. The summed E-state index contributed by atoms with van der Waals surface area (Å²) in [5.41, 5.74) is 3.79. The van der Waals surface area contributed by atoms with Crippen molar-refractivity contribution < 1.29 is 9.53 Å². The van der Waals surface area contributed by atoms with Gasteiger partial charge in [-0.3, -0.25) is 0 Å². The Morgan fingerprint density at radius 1 is 1.26 bits per heavy atom. The molecule has 2 fully saturated rings. The van der Waals surface area contributed by atoms with Crippen LogP contribution in [0.15, 0.2) is 29.8 Å². The number of carbonyl (C=O) groups excluding carboxylic acids is 1. The molecule has 120 valence electrons. The summed E-state index contributed by atoms with van der Waals surface area (Å²) in [6.07, 6.45) is 4.02. The number of H-pyrrole nitrogens is 1. The van der Waals surface area contributed by atoms with E-state index in [1.54, 1.807) is 0 Å². The lowest BCUT2D eigenvalue weighted by Gasteiger charge is -2.45. The van der Waals surface area contributed by atoms with Crippen LogP contribution in [0.5, 0.6) is 0 Å². The number of para-hydroxylation sites is 1. The smallest absolute Gasteiger partial charge is 0.334 e. The number of aromatic nitrogens is 1. The van der Waals surface area contributed by atoms with Gasteiger partial charge in [0.1, 0.15) is 5.60 Å². The molecule has 1 aromatic carbocycles. The highest BCUT2D eigenvalue weighted by Crippen LogP contribution is 2.58. The number of ether oxygens (including phenoxy) is 1. The van der Waals surface area contributed by atoms with Crippen LogP contribution in [0.4, 0.5) is 0 Å². The van der Waals surface area contributed by atoms with Crippen molar-refractivity contribution in [2.24, 2.45) is 11.3 Å². The highest BCUT2D eigenvalue weighted by molar-refractivity contribution is 6.00. The molecule has 2 aliphatic rings. The van der Waals surface area contributed by atoms with Gasteiger partial charge in [-0.2, -0.15) is 0 Å². The summed E-state index contributed by atoms with van der Waals surface area (Å²) in [7, 11) is 0. The number of benzene rings is 1. The van der Waals surface area contributed by atoms with E-state index in [9.17, 15) is 4.79 Å². The van der Waals surface area contributed by atoms with Gasteiger partial charge in [0.05, 0.1) is 0 Å². The van der Waals surface area contributed by atoms with E-state index in [1.807, 2.05) is 12.1 Å². The zero-order valence-corrected chi connectivity index (χ0v) is 14.2. The largest absolute Gasteiger partial charge is 0.455 e. The Labute approximate surface area is 136 Å². The molecule has 2 bridgehead atoms. The Bertz CT molecular complexity index is 842. The summed E-state index contributed by atoms with van der Waals surface area (Å²) in [6.45, 7) is 8.60. The maximum absolute atomic E-state index is 12.6. The van der Waals surface area contributed by atoms with Crippen LogP contribution in [0.25, 0.3) is 17.0 Å². The number of rotatable bonds is 1. The predicted octanol–water partition coefficient (Wildman–Crippen LogP) is 4.61. The zero-order valence-electron chi connectivity index (χ0n) is 14.2. The minimum absolute atomic E-state index is 0.0211. The van der Waals surface area contributed by atoms with E-state index < -0.39 is 0 Å². The summed E-state index contributed by atoms with van der Waals surface area (Å²) in [5.74, 6) is 0.126. The number of hydrogen-bond donors (Lipinski definition) is 1. The number of esters is 1. The Balaban J connectivity index is 1.88. The van der Waals surface area contributed by atoms with Gasteiger partial charge in [0.15, 0.2) is 0 Å². The van der Waals surface area contributed by atoms with Crippen molar-refractivity contribution in [3.05, 3.63) is 41.1 Å². The van der Waals surface area contributed by atoms with Crippen molar-refractivity contribution in [3.8, 4) is 0 Å². The Morgan fingerprint density at radius 2 is 2.00 bits per heavy atom. The van der Waals surface area contributed by atoms with Crippen molar-refractivity contribution in [1.29, 1.82) is 0 Å². The molecule has 1 aliphatic heterocycles. The number of fused-ring (bicyclic) bond motifs is 3. The molecular formula is C20H23NO2. The number of nitrogens with one attached hydrogen (secondary N) is 1. The van der Waals surface area contributed by atoms with E-state index in [-0.39, 0.29) is 22.9 Å². The lowest BCUT2D eigenvalue weighted by Crippen LogP contribution is -2.49. The van der Waals surface area contributed by atoms with Gasteiger partial charge in [0.25, 0.3) is 0 Å². The average molecular weight is 309 g/mol. The zero-order chi connectivity index (χ0) is 16.4. The molecule has 1 aromatic heterocycles. The second-order valence-electron chi connectivity index (χ2n) is 7.74. The van der Waals surface area contributed by atoms with E-state index in [0.717, 1.165) is 40.6 Å². The van der Waals surface area contributed by atoms with E-state index in [2.05, 4.69) is 50.9 Å². The fourth-order valence-corrected chi connectivity index (χ4v) is 4.40. The quantitative estimate of drug-likeness (QED) is 0.617. The van der Waals surface area contributed by atoms with Crippen molar-refractivity contribution >= 4 is 22.9 Å². The predicted molar refractivity (Wildman–Crippen MR) is 92.0 cm³/mol. The molecule has 2 atom stereocenters. The standard InChI is InChI=1S/C20H23NO2/c1-12-14(13-7-5-6-8-17(13)21-12)11-15-16-9-10-20(4,19(16,2)3)23-18(15)22/h5-8,11,16,21H,9-10H2,1-4H3/b15-11+/t16-,20-/m1/s1. The number of carbonyl (C=O) groups is 1. The minimum Gasteiger partial charge on any atom is -0.455 e. The fourth-order valence-electron chi connectivity index (χ4n) is 4.40. The highest BCUT2D eigenvalue weighted by atomic mass is 16.6. The summed E-state index contributed by atoms with van der Waals surface area (Å²) in [5, 5.41) is 1.16. The first-order valence-electron chi connectivity index (χ1n) is 8.36. The topological polar surface area (TPSA) is 42.1 Å². The van der Waals surface area contributed by atoms with Crippen molar-refractivity contribution in [2.45, 2.75) is 46.1 Å². The van der Waals surface area contributed by atoms with Crippen LogP contribution in [0.2, 0.25) is 0 Å². The third kappa shape index (κ3) is 1.85. The maximum Gasteiger partial charge on any atom is 0.334 e. The first kappa shape index (κ1) is 14.6. The van der Waals surface area contributed by atoms with E-state index in [4.69, 9.17) is 4.74 Å². The number of aryl methyl sites for hydroxylation is 1. The number of aromatic amines is 1. The first-order chi connectivity index (χ1) is 10.8. The fraction of sp³-hybridized carbons (Fsp3) is 0.450. The Hall–Kier alpha value is -2.03. The number of hydrogen-bond acceptors (Lipinski definition) is 2. The van der Waals surface area contributed by atoms with Crippen LogP contribution in [0, 0.1) is 18.3 Å². The van der Waals surface area contributed by atoms with Crippen LogP contribution in [0.1, 0.15) is 44.9 Å². The molecule has 3 heteroatoms. The molecule has 0 radical (unpaired) electrons. The first-order valence-corrected chi connectivity index (χ1v) is 8.36. The van der Waals surface area contributed by atoms with E-state index in [0.29, 0.717) is 0 Å². The van der Waals surface area contributed by atoms with E-state index >= 15 is 0 Å². The normalized spacial score (nSPS) is 30.9. The third-order valence-electron chi connectivity index (χ3n) is 6.32.